The van der Waals surface area contributed by atoms with Gasteiger partial charge in [-0.1, -0.05) is 164 Å². The summed E-state index contributed by atoms with van der Waals surface area (Å²) in [6.45, 7) is 17.2. The Balaban J connectivity index is 0.000000399. The topological polar surface area (TPSA) is 92.2 Å². The third-order valence-electron chi connectivity index (χ3n) is 8.04. The van der Waals surface area contributed by atoms with E-state index in [2.05, 4.69) is 202 Å². The van der Waals surface area contributed by atoms with Gasteiger partial charge in [0.1, 0.15) is 0 Å². The molecule has 0 spiro atoms. The van der Waals surface area contributed by atoms with Gasteiger partial charge < -0.3 is 7.43 Å². The van der Waals surface area contributed by atoms with E-state index in [-0.39, 0.29) is 29.8 Å². The van der Waals surface area contributed by atoms with Crippen LogP contribution in [-0.2, 0) is 39.6 Å². The molecule has 0 unspecified atom stereocenters. The Hall–Kier alpha value is -1.83. The van der Waals surface area contributed by atoms with Crippen LogP contribution in [0.1, 0.15) is 0 Å². The second kappa shape index (κ2) is 28.7. The maximum absolute atomic E-state index is 8.49. The first-order valence-electron chi connectivity index (χ1n) is 16.9. The van der Waals surface area contributed by atoms with E-state index in [0.29, 0.717) is 0 Å². The van der Waals surface area contributed by atoms with Gasteiger partial charge in [-0.3, -0.25) is 0 Å². The molecule has 7 aromatic rings. The van der Waals surface area contributed by atoms with Gasteiger partial charge in [0, 0.05) is 43.6 Å². The molecule has 0 saturated heterocycles. The molecule has 4 nitrogen and oxygen atoms in total. The SMILES string of the molecule is [Au].[CH2-][P+]([CH2-])(c1ccccc1)c1ccccc1.[CH2-][P+]([CH2-])(c1ccccc1)c1ccccc1.[CH3-].[I][Au].[O-][Cl+3]([O-])([O-])[O-].c1ccc(P(c2ccccc2)c2ccccc2)cc1. The Morgan fingerprint density at radius 3 is 0.655 bits per heavy atom. The molecule has 0 aromatic heterocycles. The Kier molecular flexibility index (Phi) is 26.8. The fourth-order valence-corrected chi connectivity index (χ4v) is 11.2. The number of hydrogen-bond acceptors (Lipinski definition) is 4. The van der Waals surface area contributed by atoms with E-state index in [4.69, 9.17) is 18.6 Å². The van der Waals surface area contributed by atoms with Gasteiger partial charge in [-0.15, -0.1) is 10.2 Å². The van der Waals surface area contributed by atoms with Gasteiger partial charge in [-0.2, -0.15) is 41.2 Å². The molecule has 0 aliphatic heterocycles. The average Bonchev–Trinajstić information content (AvgIpc) is 3.24. The molecular weight excluding hydrogens is 1280 g/mol. The van der Waals surface area contributed by atoms with Gasteiger partial charge in [0.25, 0.3) is 0 Å². The number of hydrogen-bond donors (Lipinski definition) is 0. The Morgan fingerprint density at radius 1 is 0.362 bits per heavy atom. The molecule has 11 heteroatoms. The smallest absolute Gasteiger partial charge is 0.0134 e. The van der Waals surface area contributed by atoms with Crippen molar-refractivity contribution in [1.82, 2.24) is 0 Å². The minimum atomic E-state index is -4.94. The van der Waals surface area contributed by atoms with Crippen molar-refractivity contribution in [3.63, 3.8) is 0 Å². The molecule has 0 aliphatic rings. The van der Waals surface area contributed by atoms with Crippen LogP contribution in [0.2, 0.25) is 0 Å². The van der Waals surface area contributed by atoms with E-state index >= 15 is 0 Å². The third-order valence-corrected chi connectivity index (χ3v) is 15.6. The zero-order valence-electron chi connectivity index (χ0n) is 31.9. The van der Waals surface area contributed by atoms with Crippen molar-refractivity contribution < 1.29 is 68.5 Å². The first-order valence-corrected chi connectivity index (χ1v) is 30.0. The van der Waals surface area contributed by atoms with Crippen molar-refractivity contribution in [2.75, 3.05) is 0 Å². The monoisotopic (exact) mass is 1320 g/mol. The molecule has 0 atom stereocenters. The van der Waals surface area contributed by atoms with Crippen molar-refractivity contribution in [2.24, 2.45) is 0 Å². The third kappa shape index (κ3) is 18.8. The molecule has 0 aliphatic carbocycles. The fourth-order valence-electron chi connectivity index (χ4n) is 5.33. The summed E-state index contributed by atoms with van der Waals surface area (Å²) in [4.78, 5) is 0. The van der Waals surface area contributed by atoms with E-state index in [1.165, 1.54) is 37.1 Å². The predicted octanol–water partition coefficient (Wildman–Crippen LogP) is 6.50. The molecule has 7 rings (SSSR count). The maximum Gasteiger partial charge on any atom is -0.0134 e. The van der Waals surface area contributed by atoms with Crippen LogP contribution in [0.4, 0.5) is 0 Å². The zero-order chi connectivity index (χ0) is 40.9. The number of rotatable bonds is 7. The van der Waals surface area contributed by atoms with Crippen LogP contribution in [-0.4, -0.2) is 0 Å². The minimum absolute atomic E-state index is 0. The Morgan fingerprint density at radius 2 is 0.500 bits per heavy atom. The van der Waals surface area contributed by atoms with Crippen molar-refractivity contribution in [2.45, 2.75) is 0 Å². The van der Waals surface area contributed by atoms with Crippen LogP contribution in [0.25, 0.3) is 0 Å². The van der Waals surface area contributed by atoms with E-state index in [1.807, 2.05) is 72.8 Å². The second-order valence-corrected chi connectivity index (χ2v) is 20.9. The minimum Gasteiger partial charge on any atom is -0.222 e. The molecule has 7 aromatic carbocycles. The van der Waals surface area contributed by atoms with Gasteiger partial charge in [0.15, 0.2) is 0 Å². The molecule has 0 N–H and O–H groups in total. The van der Waals surface area contributed by atoms with E-state index in [9.17, 15) is 0 Å². The Labute approximate surface area is 389 Å². The molecule has 0 fully saturated rings. The van der Waals surface area contributed by atoms with Gasteiger partial charge in [0.2, 0.25) is 0 Å². The summed E-state index contributed by atoms with van der Waals surface area (Å²) in [5.74, 6) is 0. The first kappa shape index (κ1) is 54.2. The molecule has 0 amide bonds. The number of halogens is 2. The van der Waals surface area contributed by atoms with Crippen LogP contribution in [0.5, 0.6) is 0 Å². The molecular formula is C47H46Au2ClIO4P3-4. The Bertz CT molecular complexity index is 1780. The summed E-state index contributed by atoms with van der Waals surface area (Å²) in [6, 6.07) is 73.7. The van der Waals surface area contributed by atoms with E-state index < -0.39 is 32.7 Å². The van der Waals surface area contributed by atoms with E-state index in [1.54, 1.807) is 0 Å². The van der Waals surface area contributed by atoms with E-state index in [0.717, 1.165) is 0 Å². The fraction of sp³-hybridized carbons (Fsp3) is 0. The van der Waals surface area contributed by atoms with Crippen LogP contribution >= 0.6 is 41.5 Å². The summed E-state index contributed by atoms with van der Waals surface area (Å²) in [6.07, 6.45) is 0. The van der Waals surface area contributed by atoms with Crippen molar-refractivity contribution in [3.05, 3.63) is 246 Å². The molecule has 1 radical (unpaired) electrons. The summed E-state index contributed by atoms with van der Waals surface area (Å²) in [5.41, 5.74) is 0. The molecule has 313 valence electrons. The average molecular weight is 1320 g/mol. The largest absolute Gasteiger partial charge is 0.222 e. The van der Waals surface area contributed by atoms with Gasteiger partial charge >= 0.3 is 36.3 Å². The molecule has 0 saturated carbocycles. The summed E-state index contributed by atoms with van der Waals surface area (Å²) in [5, 5.41) is 9.18. The van der Waals surface area contributed by atoms with Crippen LogP contribution in [0.15, 0.2) is 212 Å². The summed E-state index contributed by atoms with van der Waals surface area (Å²) >= 11 is 4.34. The second-order valence-electron chi connectivity index (χ2n) is 12.0. The van der Waals surface area contributed by atoms with Gasteiger partial charge in [-0.25, -0.2) is 18.6 Å². The van der Waals surface area contributed by atoms with Crippen molar-refractivity contribution in [1.29, 1.82) is 0 Å². The summed E-state index contributed by atoms with van der Waals surface area (Å²) < 4.78 is 34.0. The van der Waals surface area contributed by atoms with Crippen LogP contribution in [0, 0.1) is 44.3 Å². The quantitative estimate of drug-likeness (QED) is 0.0790. The van der Waals surface area contributed by atoms with Crippen LogP contribution in [0.3, 0.4) is 0 Å². The normalized spacial score (nSPS) is 10.5. The first-order chi connectivity index (χ1) is 26.9. The van der Waals surface area contributed by atoms with Gasteiger partial charge in [0.05, 0.1) is 0 Å². The van der Waals surface area contributed by atoms with Gasteiger partial charge in [-0.05, 0) is 72.4 Å². The predicted molar refractivity (Wildman–Crippen MR) is 245 cm³/mol. The van der Waals surface area contributed by atoms with Crippen molar-refractivity contribution >= 4 is 78.6 Å². The number of benzene rings is 7. The molecule has 0 heterocycles. The van der Waals surface area contributed by atoms with Crippen molar-refractivity contribution in [3.8, 4) is 0 Å². The maximum atomic E-state index is 8.49. The summed E-state index contributed by atoms with van der Waals surface area (Å²) in [7, 11) is -8.68. The zero-order valence-corrected chi connectivity index (χ0v) is 41.8. The standard InChI is InChI=1S/C18H15P.2C14H14P.CH3.2Au.ClHO4.HI/c1-4-10-16(11-5-1)19(17-12-6-2-7-13-17)18-14-8-3-9-15-18;2*1-15(2,13-9-5-3-6-10-13)14-11-7-4-8-12-14;;;;2-1(3,4)5;/h1-15H;2*3-12H,1-2H2;1H3;;;(H,2,3,4,5);1H/q;3*-1;;+1;;/p-2. The molecule has 58 heavy (non-hydrogen) atoms. The molecule has 0 bridgehead atoms. The van der Waals surface area contributed by atoms with Crippen LogP contribution < -0.4 is 55.8 Å².